The molecule has 2 nitrogen and oxygen atoms in total. The Bertz CT molecular complexity index is 185. The maximum atomic E-state index is 11.9. The van der Waals surface area contributed by atoms with E-state index < -0.39 is 5.79 Å². The van der Waals surface area contributed by atoms with E-state index in [2.05, 4.69) is 13.8 Å². The lowest BCUT2D eigenvalue weighted by Gasteiger charge is -2.43. The molecule has 1 radical (unpaired) electrons. The summed E-state index contributed by atoms with van der Waals surface area (Å²) in [6.45, 7) is 4.42. The van der Waals surface area contributed by atoms with Gasteiger partial charge < -0.3 is 4.74 Å². The number of hydrogen-bond donors (Lipinski definition) is 0. The summed E-state index contributed by atoms with van der Waals surface area (Å²) in [5.74, 6) is 0.320. The van der Waals surface area contributed by atoms with Crippen LogP contribution in [-0.4, -0.2) is 11.9 Å². The molecule has 2 fully saturated rings. The van der Waals surface area contributed by atoms with Crippen LogP contribution in [0, 0.1) is 11.8 Å². The minimum Gasteiger partial charge on any atom is -0.344 e. The van der Waals surface area contributed by atoms with Crippen molar-refractivity contribution >= 4 is 0 Å². The zero-order chi connectivity index (χ0) is 9.47. The van der Waals surface area contributed by atoms with Crippen LogP contribution in [0.25, 0.3) is 0 Å². The van der Waals surface area contributed by atoms with Gasteiger partial charge in [-0.1, -0.05) is 13.8 Å². The summed E-state index contributed by atoms with van der Waals surface area (Å²) in [6.07, 6.45) is 4.91. The van der Waals surface area contributed by atoms with Gasteiger partial charge in [-0.3, -0.25) is 0 Å². The second kappa shape index (κ2) is 3.25. The number of ether oxygens (including phenoxy) is 1. The quantitative estimate of drug-likeness (QED) is 0.605. The van der Waals surface area contributed by atoms with Crippen molar-refractivity contribution in [3.63, 3.8) is 0 Å². The molecule has 13 heavy (non-hydrogen) atoms. The summed E-state index contributed by atoms with van der Waals surface area (Å²) in [5.41, 5.74) is 0. The van der Waals surface area contributed by atoms with E-state index in [4.69, 9.17) is 4.74 Å². The molecule has 75 valence electrons. The summed E-state index contributed by atoms with van der Waals surface area (Å²) in [7, 11) is 0. The van der Waals surface area contributed by atoms with Crippen LogP contribution in [-0.2, 0) is 9.84 Å². The maximum absolute atomic E-state index is 11.9. The van der Waals surface area contributed by atoms with Gasteiger partial charge in [0.2, 0.25) is 5.79 Å². The second-order valence-electron chi connectivity index (χ2n) is 4.85. The van der Waals surface area contributed by atoms with Gasteiger partial charge in [0.1, 0.15) is 0 Å². The Morgan fingerprint density at radius 2 is 1.85 bits per heavy atom. The van der Waals surface area contributed by atoms with Gasteiger partial charge in [-0.15, -0.1) is 0 Å². The highest BCUT2D eigenvalue weighted by molar-refractivity contribution is 4.87. The maximum Gasteiger partial charge on any atom is 0.201 e. The van der Waals surface area contributed by atoms with Gasteiger partial charge in [0, 0.05) is 12.8 Å². The van der Waals surface area contributed by atoms with Crippen molar-refractivity contribution in [2.45, 2.75) is 57.8 Å². The molecule has 1 unspecified atom stereocenters. The van der Waals surface area contributed by atoms with E-state index in [1.54, 1.807) is 0 Å². The van der Waals surface area contributed by atoms with E-state index in [-0.39, 0.29) is 6.10 Å². The van der Waals surface area contributed by atoms with Crippen molar-refractivity contribution in [1.29, 1.82) is 0 Å². The SMILES string of the molecule is CC1C[C@@H](OC2([O])CCCC2)[C@H]1C. The van der Waals surface area contributed by atoms with Crippen LogP contribution in [0.3, 0.4) is 0 Å². The molecule has 0 N–H and O–H groups in total. The van der Waals surface area contributed by atoms with Gasteiger partial charge in [-0.05, 0) is 31.1 Å². The Morgan fingerprint density at radius 1 is 1.23 bits per heavy atom. The van der Waals surface area contributed by atoms with Crippen LogP contribution in [0.15, 0.2) is 0 Å². The Hall–Kier alpha value is -0.0800. The second-order valence-corrected chi connectivity index (χ2v) is 4.85. The average Bonchev–Trinajstić information content (AvgIpc) is 2.51. The standard InChI is InChI=1S/C11H19O2/c1-8-7-10(9(8)2)13-11(12)5-3-4-6-11/h8-10H,3-7H2,1-2H3/t8?,9-,10+/m0/s1. The molecule has 0 aliphatic heterocycles. The molecule has 0 aromatic rings. The molecule has 2 saturated carbocycles. The van der Waals surface area contributed by atoms with Crippen LogP contribution in [0.2, 0.25) is 0 Å². The van der Waals surface area contributed by atoms with E-state index in [1.165, 1.54) is 0 Å². The molecular weight excluding hydrogens is 164 g/mol. The molecular formula is C11H19O2. The normalized spacial score (nSPS) is 43.2. The first-order chi connectivity index (χ1) is 6.11. The molecule has 0 saturated heterocycles. The third kappa shape index (κ3) is 1.75. The monoisotopic (exact) mass is 183 g/mol. The smallest absolute Gasteiger partial charge is 0.201 e. The highest BCUT2D eigenvalue weighted by Crippen LogP contribution is 2.41. The highest BCUT2D eigenvalue weighted by Gasteiger charge is 2.43. The topological polar surface area (TPSA) is 29.1 Å². The Balaban J connectivity index is 1.84. The predicted octanol–water partition coefficient (Wildman–Crippen LogP) is 2.75. The van der Waals surface area contributed by atoms with Crippen molar-refractivity contribution in [2.24, 2.45) is 11.8 Å². The molecule has 0 spiro atoms. The van der Waals surface area contributed by atoms with Gasteiger partial charge in [0.15, 0.2) is 0 Å². The first-order valence-electron chi connectivity index (χ1n) is 5.49. The van der Waals surface area contributed by atoms with E-state index >= 15 is 0 Å². The highest BCUT2D eigenvalue weighted by atomic mass is 16.6. The third-order valence-corrected chi connectivity index (χ3v) is 3.82. The predicted molar refractivity (Wildman–Crippen MR) is 49.7 cm³/mol. The van der Waals surface area contributed by atoms with E-state index in [1.807, 2.05) is 0 Å². The molecule has 2 aliphatic carbocycles. The molecule has 0 aromatic heterocycles. The van der Waals surface area contributed by atoms with E-state index in [0.29, 0.717) is 5.92 Å². The molecule has 0 bridgehead atoms. The molecule has 2 rings (SSSR count). The molecule has 2 heteroatoms. The van der Waals surface area contributed by atoms with Crippen molar-refractivity contribution in [3.8, 4) is 0 Å². The lowest BCUT2D eigenvalue weighted by Crippen LogP contribution is -2.45. The van der Waals surface area contributed by atoms with Crippen LogP contribution < -0.4 is 0 Å². The van der Waals surface area contributed by atoms with Crippen LogP contribution in [0.5, 0.6) is 0 Å². The van der Waals surface area contributed by atoms with E-state index in [9.17, 15) is 5.11 Å². The molecule has 0 aromatic carbocycles. The molecule has 0 amide bonds. The van der Waals surface area contributed by atoms with Crippen molar-refractivity contribution in [3.05, 3.63) is 0 Å². The summed E-state index contributed by atoms with van der Waals surface area (Å²) in [4.78, 5) is 0. The molecule has 3 atom stereocenters. The largest absolute Gasteiger partial charge is 0.344 e. The Kier molecular flexibility index (Phi) is 2.37. The Morgan fingerprint density at radius 3 is 2.31 bits per heavy atom. The van der Waals surface area contributed by atoms with Crippen LogP contribution in [0.1, 0.15) is 46.0 Å². The average molecular weight is 183 g/mol. The van der Waals surface area contributed by atoms with E-state index in [0.717, 1.165) is 38.0 Å². The zero-order valence-electron chi connectivity index (χ0n) is 8.58. The van der Waals surface area contributed by atoms with Crippen molar-refractivity contribution < 1.29 is 9.84 Å². The zero-order valence-corrected chi connectivity index (χ0v) is 8.58. The molecule has 0 heterocycles. The fourth-order valence-electron chi connectivity index (χ4n) is 2.43. The van der Waals surface area contributed by atoms with Gasteiger partial charge in [0.25, 0.3) is 0 Å². The van der Waals surface area contributed by atoms with Gasteiger partial charge >= 0.3 is 0 Å². The molecule has 2 aliphatic rings. The lowest BCUT2D eigenvalue weighted by atomic mass is 9.73. The van der Waals surface area contributed by atoms with Crippen molar-refractivity contribution in [1.82, 2.24) is 0 Å². The summed E-state index contributed by atoms with van der Waals surface area (Å²) in [6, 6.07) is 0. The fraction of sp³-hybridized carbons (Fsp3) is 1.00. The third-order valence-electron chi connectivity index (χ3n) is 3.82. The van der Waals surface area contributed by atoms with Crippen LogP contribution >= 0.6 is 0 Å². The Labute approximate surface area is 80.3 Å². The van der Waals surface area contributed by atoms with Gasteiger partial charge in [-0.2, -0.15) is 5.11 Å². The summed E-state index contributed by atoms with van der Waals surface area (Å²) < 4.78 is 5.66. The first kappa shape index (κ1) is 9.47. The fourth-order valence-corrected chi connectivity index (χ4v) is 2.43. The minimum absolute atomic E-state index is 0.255. The number of hydrogen-bond acceptors (Lipinski definition) is 1. The minimum atomic E-state index is -1.01. The van der Waals surface area contributed by atoms with Gasteiger partial charge in [-0.25, -0.2) is 0 Å². The van der Waals surface area contributed by atoms with Crippen LogP contribution in [0.4, 0.5) is 0 Å². The number of rotatable bonds is 2. The van der Waals surface area contributed by atoms with Crippen molar-refractivity contribution in [2.75, 3.05) is 0 Å². The lowest BCUT2D eigenvalue weighted by molar-refractivity contribution is -0.286. The summed E-state index contributed by atoms with van der Waals surface area (Å²) >= 11 is 0. The first-order valence-corrected chi connectivity index (χ1v) is 5.49. The summed E-state index contributed by atoms with van der Waals surface area (Å²) in [5, 5.41) is 11.9. The van der Waals surface area contributed by atoms with Gasteiger partial charge in [0.05, 0.1) is 6.10 Å².